The van der Waals surface area contributed by atoms with E-state index < -0.39 is 6.09 Å². The Labute approximate surface area is 81.4 Å². The van der Waals surface area contributed by atoms with E-state index in [1.807, 2.05) is 0 Å². The number of carbonyl (C=O) groups is 2. The second-order valence-electron chi connectivity index (χ2n) is 2.76. The highest BCUT2D eigenvalue weighted by Gasteiger charge is 2.22. The van der Waals surface area contributed by atoms with E-state index in [2.05, 4.69) is 10.2 Å². The maximum Gasteiger partial charge on any atom is 0.415 e. The number of nitrogens with one attached hydrogen (secondary N) is 1. The van der Waals surface area contributed by atoms with E-state index in [1.165, 1.54) is 14.2 Å². The number of hydrogen-bond donors (Lipinski definition) is 1. The molecule has 0 aliphatic carbocycles. The summed E-state index contributed by atoms with van der Waals surface area (Å²) in [6.45, 7) is 0. The van der Waals surface area contributed by atoms with Crippen LogP contribution in [0, 0.1) is 0 Å². The highest BCUT2D eigenvalue weighted by Crippen LogP contribution is 2.06. The molecule has 0 saturated heterocycles. The standard InChI is InChI=1S/C8H12N2O4/c1-10(8(12)13-2)7(11)5-6-3-4-9-14-6/h3-4,6,9H,5H2,1-2H3. The molecular formula is C8H12N2O4. The maximum absolute atomic E-state index is 11.4. The molecule has 6 nitrogen and oxygen atoms in total. The smallest absolute Gasteiger partial charge is 0.415 e. The van der Waals surface area contributed by atoms with Gasteiger partial charge in [-0.15, -0.1) is 0 Å². The topological polar surface area (TPSA) is 67.9 Å². The lowest BCUT2D eigenvalue weighted by Crippen LogP contribution is -2.35. The van der Waals surface area contributed by atoms with Crippen molar-refractivity contribution in [3.8, 4) is 0 Å². The van der Waals surface area contributed by atoms with Crippen molar-refractivity contribution in [2.75, 3.05) is 14.2 Å². The van der Waals surface area contributed by atoms with Crippen LogP contribution in [0.1, 0.15) is 6.42 Å². The molecule has 0 radical (unpaired) electrons. The highest BCUT2D eigenvalue weighted by molar-refractivity contribution is 5.91. The Morgan fingerprint density at radius 1 is 1.64 bits per heavy atom. The lowest BCUT2D eigenvalue weighted by molar-refractivity contribution is -0.130. The van der Waals surface area contributed by atoms with Crippen molar-refractivity contribution in [1.29, 1.82) is 0 Å². The summed E-state index contributed by atoms with van der Waals surface area (Å²) in [7, 11) is 2.58. The molecule has 0 aromatic heterocycles. The van der Waals surface area contributed by atoms with Gasteiger partial charge in [0, 0.05) is 13.2 Å². The molecule has 0 spiro atoms. The van der Waals surface area contributed by atoms with Crippen molar-refractivity contribution in [1.82, 2.24) is 10.4 Å². The van der Waals surface area contributed by atoms with Crippen molar-refractivity contribution in [2.45, 2.75) is 12.5 Å². The molecule has 0 aromatic carbocycles. The first kappa shape index (κ1) is 10.5. The molecule has 78 valence electrons. The third-order valence-corrected chi connectivity index (χ3v) is 1.80. The van der Waals surface area contributed by atoms with E-state index in [4.69, 9.17) is 4.84 Å². The fourth-order valence-corrected chi connectivity index (χ4v) is 0.970. The number of methoxy groups -OCH3 is 1. The van der Waals surface area contributed by atoms with Crippen molar-refractivity contribution >= 4 is 12.0 Å². The fourth-order valence-electron chi connectivity index (χ4n) is 0.970. The van der Waals surface area contributed by atoms with Gasteiger partial charge in [0.05, 0.1) is 13.5 Å². The van der Waals surface area contributed by atoms with Gasteiger partial charge in [-0.25, -0.2) is 4.79 Å². The first-order chi connectivity index (χ1) is 6.65. The normalized spacial score (nSPS) is 18.9. The van der Waals surface area contributed by atoms with E-state index in [0.29, 0.717) is 0 Å². The Balaban J connectivity index is 2.40. The van der Waals surface area contributed by atoms with Crippen LogP contribution >= 0.6 is 0 Å². The van der Waals surface area contributed by atoms with E-state index in [0.717, 1.165) is 4.90 Å². The van der Waals surface area contributed by atoms with Gasteiger partial charge in [-0.2, -0.15) is 0 Å². The average molecular weight is 200 g/mol. The average Bonchev–Trinajstić information content (AvgIpc) is 2.68. The van der Waals surface area contributed by atoms with Gasteiger partial charge in [0.25, 0.3) is 0 Å². The molecule has 14 heavy (non-hydrogen) atoms. The molecule has 0 bridgehead atoms. The summed E-state index contributed by atoms with van der Waals surface area (Å²) in [5.74, 6) is -0.352. The molecule has 0 aromatic rings. The SMILES string of the molecule is COC(=O)N(C)C(=O)CC1C=CNO1. The molecule has 1 unspecified atom stereocenters. The number of hydrogen-bond acceptors (Lipinski definition) is 5. The Hall–Kier alpha value is -1.56. The van der Waals surface area contributed by atoms with Gasteiger partial charge in [0.15, 0.2) is 0 Å². The van der Waals surface area contributed by atoms with Gasteiger partial charge in [-0.3, -0.25) is 20.0 Å². The molecule has 1 rings (SSSR count). The van der Waals surface area contributed by atoms with Gasteiger partial charge in [0.1, 0.15) is 6.10 Å². The Morgan fingerprint density at radius 3 is 2.86 bits per heavy atom. The van der Waals surface area contributed by atoms with Crippen molar-refractivity contribution < 1.29 is 19.2 Å². The zero-order valence-corrected chi connectivity index (χ0v) is 8.02. The number of hydroxylamine groups is 1. The summed E-state index contributed by atoms with van der Waals surface area (Å²) in [5.41, 5.74) is 2.49. The minimum Gasteiger partial charge on any atom is -0.452 e. The molecular weight excluding hydrogens is 188 g/mol. The lowest BCUT2D eigenvalue weighted by atomic mass is 10.2. The molecule has 2 amide bonds. The van der Waals surface area contributed by atoms with Crippen molar-refractivity contribution in [3.63, 3.8) is 0 Å². The maximum atomic E-state index is 11.4. The van der Waals surface area contributed by atoms with E-state index in [9.17, 15) is 9.59 Å². The van der Waals surface area contributed by atoms with Crippen LogP contribution in [0.25, 0.3) is 0 Å². The fraction of sp³-hybridized carbons (Fsp3) is 0.500. The van der Waals surface area contributed by atoms with Crippen LogP contribution in [-0.4, -0.2) is 37.2 Å². The Kier molecular flexibility index (Phi) is 3.47. The van der Waals surface area contributed by atoms with Crippen LogP contribution in [0.4, 0.5) is 4.79 Å². The third kappa shape index (κ3) is 2.46. The first-order valence-electron chi connectivity index (χ1n) is 4.07. The molecule has 0 saturated carbocycles. The van der Waals surface area contributed by atoms with E-state index in [-0.39, 0.29) is 18.4 Å². The zero-order valence-electron chi connectivity index (χ0n) is 8.02. The minimum atomic E-state index is -0.676. The number of imide groups is 1. The predicted molar refractivity (Wildman–Crippen MR) is 46.9 cm³/mol. The number of amides is 2. The van der Waals surface area contributed by atoms with Gasteiger partial charge < -0.3 is 4.74 Å². The number of nitrogens with zero attached hydrogens (tertiary/aromatic N) is 1. The quantitative estimate of drug-likeness (QED) is 0.680. The van der Waals surface area contributed by atoms with Crippen LogP contribution in [0.5, 0.6) is 0 Å². The summed E-state index contributed by atoms with van der Waals surface area (Å²) in [6.07, 6.45) is 2.40. The highest BCUT2D eigenvalue weighted by atomic mass is 16.7. The minimum absolute atomic E-state index is 0.106. The Morgan fingerprint density at radius 2 is 2.36 bits per heavy atom. The summed E-state index contributed by atoms with van der Waals surface area (Å²) in [6, 6.07) is 0. The lowest BCUT2D eigenvalue weighted by Gasteiger charge is -2.14. The van der Waals surface area contributed by atoms with Crippen LogP contribution in [-0.2, 0) is 14.4 Å². The van der Waals surface area contributed by atoms with Crippen LogP contribution in [0.3, 0.4) is 0 Å². The largest absolute Gasteiger partial charge is 0.452 e. The van der Waals surface area contributed by atoms with Gasteiger partial charge in [-0.05, 0) is 6.08 Å². The van der Waals surface area contributed by atoms with E-state index >= 15 is 0 Å². The molecule has 1 atom stereocenters. The second-order valence-corrected chi connectivity index (χ2v) is 2.76. The molecule has 6 heteroatoms. The van der Waals surface area contributed by atoms with Crippen LogP contribution < -0.4 is 5.48 Å². The van der Waals surface area contributed by atoms with Crippen molar-refractivity contribution in [2.24, 2.45) is 0 Å². The predicted octanol–water partition coefficient (Wildman–Crippen LogP) is 0.0184. The number of rotatable bonds is 2. The van der Waals surface area contributed by atoms with Gasteiger partial charge in [-0.1, -0.05) is 0 Å². The molecule has 1 aliphatic rings. The summed E-state index contributed by atoms with van der Waals surface area (Å²) in [4.78, 5) is 28.2. The molecule has 1 aliphatic heterocycles. The van der Waals surface area contributed by atoms with Crippen LogP contribution in [0.15, 0.2) is 12.3 Å². The molecule has 0 fully saturated rings. The van der Waals surface area contributed by atoms with Gasteiger partial charge in [0.2, 0.25) is 5.91 Å². The van der Waals surface area contributed by atoms with Gasteiger partial charge >= 0.3 is 6.09 Å². The Bertz CT molecular complexity index is 264. The third-order valence-electron chi connectivity index (χ3n) is 1.80. The number of carbonyl (C=O) groups excluding carboxylic acids is 2. The summed E-state index contributed by atoms with van der Waals surface area (Å²) >= 11 is 0. The molecule has 1 N–H and O–H groups in total. The number of ether oxygens (including phenoxy) is 1. The summed E-state index contributed by atoms with van der Waals surface area (Å²) in [5, 5.41) is 0. The van der Waals surface area contributed by atoms with Crippen molar-refractivity contribution in [3.05, 3.63) is 12.3 Å². The van der Waals surface area contributed by atoms with E-state index in [1.54, 1.807) is 12.3 Å². The monoisotopic (exact) mass is 200 g/mol. The van der Waals surface area contributed by atoms with Crippen LogP contribution in [0.2, 0.25) is 0 Å². The second kappa shape index (κ2) is 4.61. The first-order valence-corrected chi connectivity index (χ1v) is 4.07. The molecule has 1 heterocycles. The summed E-state index contributed by atoms with van der Waals surface area (Å²) < 4.78 is 4.39. The zero-order chi connectivity index (χ0) is 10.6.